The van der Waals surface area contributed by atoms with E-state index in [0.29, 0.717) is 0 Å². The highest BCUT2D eigenvalue weighted by molar-refractivity contribution is 7.98. The minimum absolute atomic E-state index is 0.0651. The first-order valence-corrected chi connectivity index (χ1v) is 7.16. The molecule has 0 spiro atoms. The average Bonchev–Trinajstić information content (AvgIpc) is 2.35. The monoisotopic (exact) mass is 275 g/mol. The largest absolute Gasteiger partial charge is 0.371 e. The summed E-state index contributed by atoms with van der Waals surface area (Å²) in [4.78, 5) is 5.72. The molecule has 18 heavy (non-hydrogen) atoms. The number of thioether (sulfide) groups is 1. The molecule has 1 atom stereocenters. The van der Waals surface area contributed by atoms with E-state index >= 15 is 0 Å². The SMILES string of the molecule is CNc1nc(N(C)C(C)CCSC)c(F)cc1F. The average molecular weight is 275 g/mol. The Kier molecular flexibility index (Phi) is 5.65. The van der Waals surface area contributed by atoms with Crippen LogP contribution < -0.4 is 10.2 Å². The lowest BCUT2D eigenvalue weighted by Crippen LogP contribution is -2.31. The van der Waals surface area contributed by atoms with E-state index in [4.69, 9.17) is 0 Å². The smallest absolute Gasteiger partial charge is 0.168 e. The third-order valence-corrected chi connectivity index (χ3v) is 3.53. The molecule has 0 fully saturated rings. The van der Waals surface area contributed by atoms with Gasteiger partial charge < -0.3 is 10.2 Å². The fourth-order valence-electron chi connectivity index (χ4n) is 1.57. The molecule has 1 aromatic rings. The second-order valence-electron chi connectivity index (χ2n) is 4.12. The Hall–Kier alpha value is -1.04. The summed E-state index contributed by atoms with van der Waals surface area (Å²) >= 11 is 1.74. The van der Waals surface area contributed by atoms with E-state index in [1.54, 1.807) is 30.8 Å². The number of anilines is 2. The van der Waals surface area contributed by atoms with Gasteiger partial charge in [-0.15, -0.1) is 0 Å². The molecule has 1 aromatic heterocycles. The van der Waals surface area contributed by atoms with Gasteiger partial charge in [0.2, 0.25) is 0 Å². The molecule has 0 radical (unpaired) electrons. The third kappa shape index (κ3) is 3.48. The summed E-state index contributed by atoms with van der Waals surface area (Å²) in [6.07, 6.45) is 2.95. The molecule has 0 saturated carbocycles. The van der Waals surface area contributed by atoms with Crippen molar-refractivity contribution in [2.24, 2.45) is 0 Å². The zero-order chi connectivity index (χ0) is 13.7. The Morgan fingerprint density at radius 1 is 1.44 bits per heavy atom. The Labute approximate surface area is 111 Å². The van der Waals surface area contributed by atoms with Crippen LogP contribution >= 0.6 is 11.8 Å². The Morgan fingerprint density at radius 3 is 2.67 bits per heavy atom. The van der Waals surface area contributed by atoms with Gasteiger partial charge >= 0.3 is 0 Å². The number of hydrogen-bond donors (Lipinski definition) is 1. The topological polar surface area (TPSA) is 28.2 Å². The van der Waals surface area contributed by atoms with E-state index in [1.165, 1.54) is 0 Å². The minimum Gasteiger partial charge on any atom is -0.371 e. The van der Waals surface area contributed by atoms with Crippen LogP contribution in [0, 0.1) is 11.6 Å². The molecule has 102 valence electrons. The molecule has 0 bridgehead atoms. The van der Waals surface area contributed by atoms with Crippen molar-refractivity contribution in [1.82, 2.24) is 4.98 Å². The van der Waals surface area contributed by atoms with Crippen molar-refractivity contribution < 1.29 is 8.78 Å². The molecule has 1 heterocycles. The Morgan fingerprint density at radius 2 is 2.11 bits per heavy atom. The highest BCUT2D eigenvalue weighted by Gasteiger charge is 2.18. The van der Waals surface area contributed by atoms with Crippen molar-refractivity contribution in [2.45, 2.75) is 19.4 Å². The van der Waals surface area contributed by atoms with Gasteiger partial charge in [0, 0.05) is 26.2 Å². The predicted molar refractivity (Wildman–Crippen MR) is 74.6 cm³/mol. The van der Waals surface area contributed by atoms with Crippen molar-refractivity contribution in [1.29, 1.82) is 0 Å². The van der Waals surface area contributed by atoms with Crippen molar-refractivity contribution in [2.75, 3.05) is 36.3 Å². The van der Waals surface area contributed by atoms with Gasteiger partial charge in [-0.1, -0.05) is 0 Å². The van der Waals surface area contributed by atoms with Gasteiger partial charge in [-0.3, -0.25) is 0 Å². The third-order valence-electron chi connectivity index (χ3n) is 2.88. The lowest BCUT2D eigenvalue weighted by atomic mass is 10.2. The van der Waals surface area contributed by atoms with Crippen molar-refractivity contribution in [3.05, 3.63) is 17.7 Å². The zero-order valence-electron chi connectivity index (χ0n) is 11.1. The molecule has 0 aliphatic rings. The van der Waals surface area contributed by atoms with Gasteiger partial charge in [-0.05, 0) is 25.4 Å². The highest BCUT2D eigenvalue weighted by atomic mass is 32.2. The number of nitrogens with zero attached hydrogens (tertiary/aromatic N) is 2. The molecule has 3 nitrogen and oxygen atoms in total. The van der Waals surface area contributed by atoms with Crippen LogP contribution in [0.2, 0.25) is 0 Å². The maximum atomic E-state index is 13.7. The number of halogens is 2. The molecule has 0 aliphatic carbocycles. The molecule has 1 unspecified atom stereocenters. The molecule has 1 N–H and O–H groups in total. The number of hydrogen-bond acceptors (Lipinski definition) is 4. The highest BCUT2D eigenvalue weighted by Crippen LogP contribution is 2.23. The van der Waals surface area contributed by atoms with Crippen LogP contribution in [-0.4, -0.2) is 37.1 Å². The van der Waals surface area contributed by atoms with Crippen LogP contribution in [0.1, 0.15) is 13.3 Å². The number of nitrogens with one attached hydrogen (secondary N) is 1. The van der Waals surface area contributed by atoms with Crippen LogP contribution in [0.15, 0.2) is 6.07 Å². The standard InChI is InChI=1S/C12H19F2N3S/c1-8(5-6-18-4)17(3)12-10(14)7-9(13)11(15-2)16-12/h7-8H,5-6H2,1-4H3,(H,15,16). The van der Waals surface area contributed by atoms with Gasteiger partial charge in [0.15, 0.2) is 23.3 Å². The van der Waals surface area contributed by atoms with E-state index in [1.807, 2.05) is 13.2 Å². The summed E-state index contributed by atoms with van der Waals surface area (Å²) < 4.78 is 27.0. The van der Waals surface area contributed by atoms with Gasteiger partial charge in [-0.25, -0.2) is 13.8 Å². The Bertz CT molecular complexity index is 401. The summed E-state index contributed by atoms with van der Waals surface area (Å²) in [5.74, 6) is -0.0775. The second kappa shape index (κ2) is 6.78. The maximum Gasteiger partial charge on any atom is 0.168 e. The zero-order valence-corrected chi connectivity index (χ0v) is 11.9. The summed E-state index contributed by atoms with van der Waals surface area (Å²) in [5, 5.41) is 2.62. The first-order valence-electron chi connectivity index (χ1n) is 5.76. The quantitative estimate of drug-likeness (QED) is 0.864. The van der Waals surface area contributed by atoms with E-state index in [2.05, 4.69) is 10.3 Å². The molecule has 0 amide bonds. The lowest BCUT2D eigenvalue weighted by molar-refractivity contribution is 0.562. The Balaban J connectivity index is 2.94. The molecule has 0 saturated heterocycles. The summed E-state index contributed by atoms with van der Waals surface area (Å²) in [7, 11) is 3.33. The summed E-state index contributed by atoms with van der Waals surface area (Å²) in [6, 6.07) is 1.01. The van der Waals surface area contributed by atoms with Crippen LogP contribution in [0.25, 0.3) is 0 Å². The van der Waals surface area contributed by atoms with Crippen molar-refractivity contribution in [3.8, 4) is 0 Å². The fourth-order valence-corrected chi connectivity index (χ4v) is 2.15. The molecule has 0 aliphatic heterocycles. The van der Waals surface area contributed by atoms with E-state index < -0.39 is 11.6 Å². The van der Waals surface area contributed by atoms with Gasteiger partial charge in [0.05, 0.1) is 0 Å². The molecule has 6 heteroatoms. The molecule has 1 rings (SSSR count). The normalized spacial score (nSPS) is 12.3. The number of rotatable bonds is 6. The number of aromatic nitrogens is 1. The summed E-state index contributed by atoms with van der Waals surface area (Å²) in [6.45, 7) is 2.00. The number of pyridine rings is 1. The van der Waals surface area contributed by atoms with Crippen LogP contribution in [0.5, 0.6) is 0 Å². The fraction of sp³-hybridized carbons (Fsp3) is 0.583. The summed E-state index contributed by atoms with van der Waals surface area (Å²) in [5.41, 5.74) is 0. The minimum atomic E-state index is -0.677. The first-order chi connectivity index (χ1) is 8.51. The van der Waals surface area contributed by atoms with Gasteiger partial charge in [0.25, 0.3) is 0 Å². The van der Waals surface area contributed by atoms with Crippen LogP contribution in [-0.2, 0) is 0 Å². The second-order valence-corrected chi connectivity index (χ2v) is 5.10. The van der Waals surface area contributed by atoms with Gasteiger partial charge in [0.1, 0.15) is 0 Å². The lowest BCUT2D eigenvalue weighted by Gasteiger charge is -2.26. The van der Waals surface area contributed by atoms with Crippen LogP contribution in [0.4, 0.5) is 20.4 Å². The molecular formula is C12H19F2N3S. The van der Waals surface area contributed by atoms with Crippen molar-refractivity contribution in [3.63, 3.8) is 0 Å². The predicted octanol–water partition coefficient (Wildman–Crippen LogP) is 2.98. The molecular weight excluding hydrogens is 256 g/mol. The van der Waals surface area contributed by atoms with E-state index in [9.17, 15) is 8.78 Å². The molecule has 0 aromatic carbocycles. The van der Waals surface area contributed by atoms with E-state index in [0.717, 1.165) is 18.2 Å². The van der Waals surface area contributed by atoms with Gasteiger partial charge in [-0.2, -0.15) is 11.8 Å². The van der Waals surface area contributed by atoms with E-state index in [-0.39, 0.29) is 17.7 Å². The van der Waals surface area contributed by atoms with Crippen LogP contribution in [0.3, 0.4) is 0 Å². The maximum absolute atomic E-state index is 13.7. The van der Waals surface area contributed by atoms with Crippen molar-refractivity contribution >= 4 is 23.4 Å². The first kappa shape index (κ1) is 15.0.